The summed E-state index contributed by atoms with van der Waals surface area (Å²) in [7, 11) is 0. The molecule has 0 amide bonds. The van der Waals surface area contributed by atoms with Gasteiger partial charge in [0.1, 0.15) is 5.54 Å². The SMILES string of the molecule is CC(Cc1ccsc1)(C(=O)O)N1CCCC1. The summed E-state index contributed by atoms with van der Waals surface area (Å²) in [5.74, 6) is -0.708. The van der Waals surface area contributed by atoms with E-state index in [1.165, 1.54) is 0 Å². The van der Waals surface area contributed by atoms with Crippen molar-refractivity contribution in [2.75, 3.05) is 13.1 Å². The molecule has 1 aromatic rings. The van der Waals surface area contributed by atoms with E-state index in [0.717, 1.165) is 31.5 Å². The number of hydrogen-bond donors (Lipinski definition) is 1. The molecular weight excluding hydrogens is 222 g/mol. The first-order chi connectivity index (χ1) is 7.63. The van der Waals surface area contributed by atoms with Crippen LogP contribution in [0.2, 0.25) is 0 Å². The lowest BCUT2D eigenvalue weighted by atomic mass is 9.92. The van der Waals surface area contributed by atoms with Crippen molar-refractivity contribution in [1.82, 2.24) is 4.90 Å². The van der Waals surface area contributed by atoms with Crippen molar-refractivity contribution in [2.24, 2.45) is 0 Å². The number of thiophene rings is 1. The van der Waals surface area contributed by atoms with Crippen molar-refractivity contribution in [3.05, 3.63) is 22.4 Å². The number of carboxylic acid groups (broad SMARTS) is 1. The fourth-order valence-corrected chi connectivity index (χ4v) is 2.99. The van der Waals surface area contributed by atoms with Crippen LogP contribution in [0.3, 0.4) is 0 Å². The number of carboxylic acids is 1. The highest BCUT2D eigenvalue weighted by Gasteiger charge is 2.40. The summed E-state index contributed by atoms with van der Waals surface area (Å²) >= 11 is 1.62. The number of nitrogens with zero attached hydrogens (tertiary/aromatic N) is 1. The zero-order valence-corrected chi connectivity index (χ0v) is 10.3. The predicted octanol–water partition coefficient (Wildman–Crippen LogP) is 2.23. The van der Waals surface area contributed by atoms with Crippen LogP contribution in [-0.2, 0) is 11.2 Å². The van der Waals surface area contributed by atoms with Gasteiger partial charge in [-0.25, -0.2) is 0 Å². The first-order valence-electron chi connectivity index (χ1n) is 5.62. The fourth-order valence-electron chi connectivity index (χ4n) is 2.32. The number of rotatable bonds is 4. The fraction of sp³-hybridized carbons (Fsp3) is 0.583. The average molecular weight is 239 g/mol. The molecule has 1 aromatic heterocycles. The van der Waals surface area contributed by atoms with E-state index in [-0.39, 0.29) is 0 Å². The molecule has 16 heavy (non-hydrogen) atoms. The zero-order valence-electron chi connectivity index (χ0n) is 9.48. The van der Waals surface area contributed by atoms with Crippen molar-refractivity contribution in [3.63, 3.8) is 0 Å². The van der Waals surface area contributed by atoms with Crippen molar-refractivity contribution < 1.29 is 9.90 Å². The Labute approximate surface area is 99.7 Å². The Bertz CT molecular complexity index is 357. The van der Waals surface area contributed by atoms with E-state index in [1.807, 2.05) is 23.8 Å². The summed E-state index contributed by atoms with van der Waals surface area (Å²) in [5, 5.41) is 13.5. The van der Waals surface area contributed by atoms with Crippen molar-refractivity contribution in [1.29, 1.82) is 0 Å². The first-order valence-corrected chi connectivity index (χ1v) is 6.57. The molecule has 0 aromatic carbocycles. The minimum Gasteiger partial charge on any atom is -0.480 e. The van der Waals surface area contributed by atoms with Crippen LogP contribution in [-0.4, -0.2) is 34.6 Å². The largest absolute Gasteiger partial charge is 0.480 e. The van der Waals surface area contributed by atoms with Gasteiger partial charge in [0.15, 0.2) is 0 Å². The molecular formula is C12H17NO2S. The van der Waals surface area contributed by atoms with E-state index in [0.29, 0.717) is 6.42 Å². The number of carbonyl (C=O) groups is 1. The molecule has 0 radical (unpaired) electrons. The van der Waals surface area contributed by atoms with Crippen LogP contribution in [0.15, 0.2) is 16.8 Å². The van der Waals surface area contributed by atoms with Crippen LogP contribution >= 0.6 is 11.3 Å². The standard InChI is InChI=1S/C12H17NO2S/c1-12(11(14)15,13-5-2-3-6-13)8-10-4-7-16-9-10/h4,7,9H,2-3,5-6,8H2,1H3,(H,14,15). The van der Waals surface area contributed by atoms with E-state index in [9.17, 15) is 9.90 Å². The third-order valence-electron chi connectivity index (χ3n) is 3.39. The summed E-state index contributed by atoms with van der Waals surface area (Å²) < 4.78 is 0. The minimum absolute atomic E-state index is 0.603. The van der Waals surface area contributed by atoms with Crippen LogP contribution in [0.25, 0.3) is 0 Å². The molecule has 4 heteroatoms. The maximum Gasteiger partial charge on any atom is 0.324 e. The lowest BCUT2D eigenvalue weighted by Gasteiger charge is -2.34. The molecule has 1 atom stereocenters. The molecule has 2 heterocycles. The summed E-state index contributed by atoms with van der Waals surface area (Å²) in [4.78, 5) is 13.6. The van der Waals surface area contributed by atoms with Gasteiger partial charge in [0.25, 0.3) is 0 Å². The van der Waals surface area contributed by atoms with Crippen LogP contribution < -0.4 is 0 Å². The summed E-state index contributed by atoms with van der Waals surface area (Å²) in [6, 6.07) is 2.02. The Hall–Kier alpha value is -0.870. The van der Waals surface area contributed by atoms with E-state index in [1.54, 1.807) is 11.3 Å². The van der Waals surface area contributed by atoms with E-state index in [2.05, 4.69) is 4.90 Å². The maximum atomic E-state index is 11.5. The number of aliphatic carboxylic acids is 1. The quantitative estimate of drug-likeness (QED) is 0.876. The highest BCUT2D eigenvalue weighted by molar-refractivity contribution is 7.07. The Morgan fingerprint density at radius 3 is 2.75 bits per heavy atom. The molecule has 1 aliphatic rings. The molecule has 1 saturated heterocycles. The van der Waals surface area contributed by atoms with Gasteiger partial charge in [-0.05, 0) is 55.2 Å². The topological polar surface area (TPSA) is 40.5 Å². The number of likely N-dealkylation sites (tertiary alicyclic amines) is 1. The Morgan fingerprint density at radius 1 is 1.56 bits per heavy atom. The zero-order chi connectivity index (χ0) is 11.6. The second kappa shape index (κ2) is 4.55. The normalized spacial score (nSPS) is 20.8. The van der Waals surface area contributed by atoms with Gasteiger partial charge in [0, 0.05) is 6.42 Å². The van der Waals surface area contributed by atoms with Crippen molar-refractivity contribution in [3.8, 4) is 0 Å². The molecule has 1 aliphatic heterocycles. The molecule has 1 unspecified atom stereocenters. The summed E-state index contributed by atoms with van der Waals surface area (Å²) in [5.41, 5.74) is 0.388. The van der Waals surface area contributed by atoms with Gasteiger partial charge >= 0.3 is 5.97 Å². The van der Waals surface area contributed by atoms with Gasteiger partial charge in [-0.1, -0.05) is 0 Å². The highest BCUT2D eigenvalue weighted by Crippen LogP contribution is 2.26. The van der Waals surface area contributed by atoms with Crippen molar-refractivity contribution >= 4 is 17.3 Å². The van der Waals surface area contributed by atoms with Gasteiger partial charge in [0.2, 0.25) is 0 Å². The Morgan fingerprint density at radius 2 is 2.25 bits per heavy atom. The molecule has 1 N–H and O–H groups in total. The molecule has 1 fully saturated rings. The second-order valence-electron chi connectivity index (χ2n) is 4.58. The molecule has 3 nitrogen and oxygen atoms in total. The van der Waals surface area contributed by atoms with E-state index >= 15 is 0 Å². The number of hydrogen-bond acceptors (Lipinski definition) is 3. The van der Waals surface area contributed by atoms with E-state index < -0.39 is 11.5 Å². The summed E-state index contributed by atoms with van der Waals surface area (Å²) in [6.45, 7) is 3.66. The molecule has 0 aliphatic carbocycles. The average Bonchev–Trinajstić information content (AvgIpc) is 2.88. The summed E-state index contributed by atoms with van der Waals surface area (Å²) in [6.07, 6.45) is 2.84. The lowest BCUT2D eigenvalue weighted by molar-refractivity contribution is -0.149. The molecule has 88 valence electrons. The van der Waals surface area contributed by atoms with Crippen LogP contribution in [0.1, 0.15) is 25.3 Å². The van der Waals surface area contributed by atoms with Gasteiger partial charge in [-0.3, -0.25) is 9.69 Å². The monoisotopic (exact) mass is 239 g/mol. The third kappa shape index (κ3) is 2.13. The van der Waals surface area contributed by atoms with Gasteiger partial charge in [-0.2, -0.15) is 11.3 Å². The molecule has 2 rings (SSSR count). The second-order valence-corrected chi connectivity index (χ2v) is 5.36. The molecule has 0 saturated carbocycles. The van der Waals surface area contributed by atoms with Crippen LogP contribution in [0, 0.1) is 0 Å². The van der Waals surface area contributed by atoms with Gasteiger partial charge < -0.3 is 5.11 Å². The molecule has 0 spiro atoms. The van der Waals surface area contributed by atoms with Gasteiger partial charge in [-0.15, -0.1) is 0 Å². The van der Waals surface area contributed by atoms with Crippen molar-refractivity contribution in [2.45, 2.75) is 31.7 Å². The van der Waals surface area contributed by atoms with Crippen LogP contribution in [0.4, 0.5) is 0 Å². The lowest BCUT2D eigenvalue weighted by Crippen LogP contribution is -2.52. The molecule has 0 bridgehead atoms. The first kappa shape index (κ1) is 11.6. The van der Waals surface area contributed by atoms with Crippen LogP contribution in [0.5, 0.6) is 0 Å². The Balaban J connectivity index is 2.17. The maximum absolute atomic E-state index is 11.5. The smallest absolute Gasteiger partial charge is 0.324 e. The third-order valence-corrected chi connectivity index (χ3v) is 4.13. The van der Waals surface area contributed by atoms with Gasteiger partial charge in [0.05, 0.1) is 0 Å². The van der Waals surface area contributed by atoms with E-state index in [4.69, 9.17) is 0 Å². The predicted molar refractivity (Wildman–Crippen MR) is 64.9 cm³/mol. The Kier molecular flexibility index (Phi) is 3.30. The minimum atomic E-state index is -0.739. The highest BCUT2D eigenvalue weighted by atomic mass is 32.1.